The summed E-state index contributed by atoms with van der Waals surface area (Å²) in [5, 5.41) is 16.8. The van der Waals surface area contributed by atoms with Crippen molar-refractivity contribution in [2.75, 3.05) is 24.9 Å². The number of nitrogens with zero attached hydrogens (tertiary/aromatic N) is 4. The van der Waals surface area contributed by atoms with Crippen molar-refractivity contribution in [3.63, 3.8) is 0 Å². The molecule has 0 saturated carbocycles. The van der Waals surface area contributed by atoms with Gasteiger partial charge in [-0.1, -0.05) is 18.2 Å². The predicted molar refractivity (Wildman–Crippen MR) is 115 cm³/mol. The monoisotopic (exact) mass is 398 g/mol. The van der Waals surface area contributed by atoms with Crippen molar-refractivity contribution in [1.29, 1.82) is 5.26 Å². The lowest BCUT2D eigenvalue weighted by Gasteiger charge is -2.13. The Balaban J connectivity index is 1.60. The van der Waals surface area contributed by atoms with Crippen LogP contribution < -0.4 is 20.1 Å². The Kier molecular flexibility index (Phi) is 5.26. The second kappa shape index (κ2) is 8.32. The summed E-state index contributed by atoms with van der Waals surface area (Å²) in [7, 11) is 3.05. The van der Waals surface area contributed by atoms with Crippen LogP contribution in [-0.4, -0.2) is 29.2 Å². The molecule has 0 aliphatic rings. The molecule has 2 aromatic carbocycles. The van der Waals surface area contributed by atoms with E-state index in [1.165, 1.54) is 14.2 Å². The maximum Gasteiger partial charge on any atom is 0.229 e. The summed E-state index contributed by atoms with van der Waals surface area (Å²) >= 11 is 0. The van der Waals surface area contributed by atoms with E-state index in [2.05, 4.69) is 31.7 Å². The van der Waals surface area contributed by atoms with Gasteiger partial charge in [-0.3, -0.25) is 4.98 Å². The van der Waals surface area contributed by atoms with Gasteiger partial charge in [0.25, 0.3) is 0 Å². The SMILES string of the molecule is COc1cc(C#N)c(Nc2nccc(Nc3cnc4ccccc4c3)n2)cc1OC. The van der Waals surface area contributed by atoms with Crippen molar-refractivity contribution < 1.29 is 9.47 Å². The second-order valence-electron chi connectivity index (χ2n) is 6.30. The molecule has 0 atom stereocenters. The van der Waals surface area contributed by atoms with Gasteiger partial charge < -0.3 is 20.1 Å². The molecular formula is C22H18N6O2. The standard InChI is InChI=1S/C22H18N6O2/c1-29-19-10-15(12-23)18(11-20(19)30-2)27-22-24-8-7-21(28-22)26-16-9-14-5-3-4-6-17(14)25-13-16/h3-11,13H,1-2H3,(H2,24,26,27,28). The summed E-state index contributed by atoms with van der Waals surface area (Å²) in [6.45, 7) is 0. The fourth-order valence-electron chi connectivity index (χ4n) is 2.97. The summed E-state index contributed by atoms with van der Waals surface area (Å²) in [4.78, 5) is 13.2. The van der Waals surface area contributed by atoms with Crippen LogP contribution in [0.4, 0.5) is 23.1 Å². The third-order valence-electron chi connectivity index (χ3n) is 4.41. The number of nitrogens with one attached hydrogen (secondary N) is 2. The van der Waals surface area contributed by atoms with E-state index in [1.54, 1.807) is 30.6 Å². The minimum Gasteiger partial charge on any atom is -0.493 e. The van der Waals surface area contributed by atoms with Gasteiger partial charge in [0.1, 0.15) is 11.9 Å². The van der Waals surface area contributed by atoms with E-state index in [9.17, 15) is 5.26 Å². The van der Waals surface area contributed by atoms with Crippen LogP contribution >= 0.6 is 0 Å². The maximum atomic E-state index is 9.47. The molecule has 0 unspecified atom stereocenters. The second-order valence-corrected chi connectivity index (χ2v) is 6.30. The molecule has 2 heterocycles. The minimum absolute atomic E-state index is 0.331. The van der Waals surface area contributed by atoms with E-state index in [0.717, 1.165) is 16.6 Å². The Morgan fingerprint density at radius 2 is 1.73 bits per heavy atom. The van der Waals surface area contributed by atoms with Crippen LogP contribution in [0.25, 0.3) is 10.9 Å². The molecule has 0 saturated heterocycles. The van der Waals surface area contributed by atoms with Crippen LogP contribution in [0.3, 0.4) is 0 Å². The summed E-state index contributed by atoms with van der Waals surface area (Å²) in [5.74, 6) is 1.89. The summed E-state index contributed by atoms with van der Waals surface area (Å²) < 4.78 is 10.6. The van der Waals surface area contributed by atoms with Crippen LogP contribution in [-0.2, 0) is 0 Å². The molecule has 0 fully saturated rings. The molecular weight excluding hydrogens is 380 g/mol. The van der Waals surface area contributed by atoms with Crippen LogP contribution in [0, 0.1) is 11.3 Å². The number of nitriles is 1. The van der Waals surface area contributed by atoms with E-state index in [4.69, 9.17) is 9.47 Å². The third kappa shape index (κ3) is 3.91. The Bertz CT molecular complexity index is 1250. The molecule has 0 aliphatic heterocycles. The normalized spacial score (nSPS) is 10.3. The summed E-state index contributed by atoms with van der Waals surface area (Å²) in [5.41, 5.74) is 2.63. The van der Waals surface area contributed by atoms with Crippen molar-refractivity contribution >= 4 is 34.0 Å². The van der Waals surface area contributed by atoms with E-state index in [0.29, 0.717) is 34.5 Å². The fraction of sp³-hybridized carbons (Fsp3) is 0.0909. The predicted octanol–water partition coefficient (Wildman–Crippen LogP) is 4.40. The molecule has 0 radical (unpaired) electrons. The number of methoxy groups -OCH3 is 2. The Morgan fingerprint density at radius 3 is 2.53 bits per heavy atom. The average Bonchev–Trinajstić information content (AvgIpc) is 2.79. The average molecular weight is 398 g/mol. The van der Waals surface area contributed by atoms with Crippen molar-refractivity contribution in [1.82, 2.24) is 15.0 Å². The number of hydrogen-bond donors (Lipinski definition) is 2. The number of pyridine rings is 1. The van der Waals surface area contributed by atoms with Crippen molar-refractivity contribution in [2.45, 2.75) is 0 Å². The van der Waals surface area contributed by atoms with E-state index < -0.39 is 0 Å². The first-order valence-corrected chi connectivity index (χ1v) is 9.08. The molecule has 8 heteroatoms. The first kappa shape index (κ1) is 19.0. The molecule has 2 N–H and O–H groups in total. The lowest BCUT2D eigenvalue weighted by molar-refractivity contribution is 0.355. The molecule has 8 nitrogen and oxygen atoms in total. The van der Waals surface area contributed by atoms with Crippen molar-refractivity contribution in [3.05, 3.63) is 66.5 Å². The van der Waals surface area contributed by atoms with Gasteiger partial charge in [0.05, 0.1) is 42.9 Å². The van der Waals surface area contributed by atoms with E-state index >= 15 is 0 Å². The number of rotatable bonds is 6. The fourth-order valence-corrected chi connectivity index (χ4v) is 2.97. The van der Waals surface area contributed by atoms with Gasteiger partial charge in [-0.05, 0) is 18.2 Å². The highest BCUT2D eigenvalue weighted by Gasteiger charge is 2.12. The summed E-state index contributed by atoms with van der Waals surface area (Å²) in [6.07, 6.45) is 3.37. The number of fused-ring (bicyclic) bond motifs is 1. The van der Waals surface area contributed by atoms with Gasteiger partial charge in [-0.15, -0.1) is 0 Å². The largest absolute Gasteiger partial charge is 0.493 e. The molecule has 2 aromatic heterocycles. The van der Waals surface area contributed by atoms with Gasteiger partial charge in [-0.25, -0.2) is 4.98 Å². The number of para-hydroxylation sites is 1. The zero-order valence-electron chi connectivity index (χ0n) is 16.4. The number of anilines is 4. The zero-order valence-corrected chi connectivity index (χ0v) is 16.4. The molecule has 0 spiro atoms. The Labute approximate surface area is 173 Å². The molecule has 0 amide bonds. The van der Waals surface area contributed by atoms with Crippen LogP contribution in [0.5, 0.6) is 11.5 Å². The Hall–Kier alpha value is -4.38. The van der Waals surface area contributed by atoms with Gasteiger partial charge in [0.15, 0.2) is 11.5 Å². The van der Waals surface area contributed by atoms with Crippen molar-refractivity contribution in [3.8, 4) is 17.6 Å². The molecule has 30 heavy (non-hydrogen) atoms. The maximum absolute atomic E-state index is 9.47. The third-order valence-corrected chi connectivity index (χ3v) is 4.41. The van der Waals surface area contributed by atoms with Crippen LogP contribution in [0.1, 0.15) is 5.56 Å². The van der Waals surface area contributed by atoms with Gasteiger partial charge in [-0.2, -0.15) is 10.2 Å². The number of aromatic nitrogens is 3. The number of ether oxygens (including phenoxy) is 2. The van der Waals surface area contributed by atoms with Crippen LogP contribution in [0.15, 0.2) is 60.9 Å². The minimum atomic E-state index is 0.331. The summed E-state index contributed by atoms with van der Waals surface area (Å²) in [6, 6.07) is 17.0. The zero-order chi connectivity index (χ0) is 20.9. The van der Waals surface area contributed by atoms with Crippen LogP contribution in [0.2, 0.25) is 0 Å². The van der Waals surface area contributed by atoms with Crippen molar-refractivity contribution in [2.24, 2.45) is 0 Å². The topological polar surface area (TPSA) is 105 Å². The Morgan fingerprint density at radius 1 is 0.933 bits per heavy atom. The first-order chi connectivity index (χ1) is 14.7. The quantitative estimate of drug-likeness (QED) is 0.492. The highest BCUT2D eigenvalue weighted by Crippen LogP contribution is 2.34. The lowest BCUT2D eigenvalue weighted by Crippen LogP contribution is -2.03. The molecule has 4 rings (SSSR count). The molecule has 148 valence electrons. The first-order valence-electron chi connectivity index (χ1n) is 9.08. The van der Waals surface area contributed by atoms with E-state index in [-0.39, 0.29) is 0 Å². The molecule has 4 aromatic rings. The highest BCUT2D eigenvalue weighted by molar-refractivity contribution is 5.82. The lowest BCUT2D eigenvalue weighted by atomic mass is 10.1. The molecule has 0 aliphatic carbocycles. The van der Waals surface area contributed by atoms with Gasteiger partial charge >= 0.3 is 0 Å². The smallest absolute Gasteiger partial charge is 0.229 e. The number of hydrogen-bond acceptors (Lipinski definition) is 8. The number of benzene rings is 2. The molecule has 0 bridgehead atoms. The highest BCUT2D eigenvalue weighted by atomic mass is 16.5. The van der Waals surface area contributed by atoms with E-state index in [1.807, 2.05) is 30.3 Å². The van der Waals surface area contributed by atoms with Gasteiger partial charge in [0, 0.05) is 23.7 Å². The van der Waals surface area contributed by atoms with Gasteiger partial charge in [0.2, 0.25) is 5.95 Å².